The predicted octanol–water partition coefficient (Wildman–Crippen LogP) is -2.76. The Bertz CT molecular complexity index is 1120. The molecule has 190 valence electrons. The maximum atomic E-state index is 10.2. The molecule has 0 aliphatic carbocycles. The van der Waals surface area contributed by atoms with Gasteiger partial charge in [-0.1, -0.05) is 0 Å². The first-order valence-electron chi connectivity index (χ1n) is 8.98. The van der Waals surface area contributed by atoms with Gasteiger partial charge in [0, 0.05) is 24.8 Å². The van der Waals surface area contributed by atoms with Gasteiger partial charge in [0.25, 0.3) is 0 Å². The van der Waals surface area contributed by atoms with Crippen LogP contribution < -0.4 is 10.2 Å². The molecule has 0 radical (unpaired) electrons. The number of carboxylic acids is 4. The molecule has 4 aromatic heterocycles. The molecule has 4 rings (SSSR count). The Kier molecular flexibility index (Phi) is 15.5. The number of aromatic amines is 2. The van der Waals surface area contributed by atoms with E-state index in [-0.39, 0.29) is 30.4 Å². The molecule has 0 aromatic carbocycles. The zero-order chi connectivity index (χ0) is 25.1. The molecule has 0 saturated carbocycles. The molecule has 10 N–H and O–H groups in total. The van der Waals surface area contributed by atoms with Gasteiger partial charge in [0.05, 0.1) is 24.6 Å². The van der Waals surface area contributed by atoms with Crippen molar-refractivity contribution in [2.75, 3.05) is 0 Å². The van der Waals surface area contributed by atoms with Crippen LogP contribution in [0, 0.1) is 0 Å². The molecule has 4 aromatic rings. The van der Waals surface area contributed by atoms with Crippen molar-refractivity contribution in [1.29, 1.82) is 0 Å². The maximum absolute atomic E-state index is 10.2. The van der Waals surface area contributed by atoms with Crippen LogP contribution in [0.5, 0.6) is 0 Å². The predicted molar refractivity (Wildman–Crippen MR) is 117 cm³/mol. The van der Waals surface area contributed by atoms with E-state index in [0.717, 1.165) is 12.7 Å². The van der Waals surface area contributed by atoms with Gasteiger partial charge >= 0.3 is 31.4 Å². The van der Waals surface area contributed by atoms with Gasteiger partial charge < -0.3 is 50.9 Å². The summed E-state index contributed by atoms with van der Waals surface area (Å²) < 4.78 is 0. The Hall–Kier alpha value is -4.86. The zero-order valence-corrected chi connectivity index (χ0v) is 21.7. The molecule has 0 aliphatic rings. The summed E-state index contributed by atoms with van der Waals surface area (Å²) in [6, 6.07) is 7.93. The van der Waals surface area contributed by atoms with E-state index in [1.54, 1.807) is 24.8 Å². The number of pyridine rings is 2. The SMILES string of the molecule is O=C([O-])c1nc[nH]c1C(=O)O.O=C([O-])c1nc[nH]c1C(=O)O.[OH3+].[OH3+].[Zn+2].c1cc(-c2ccncc2)ccn1. The third kappa shape index (κ3) is 10.1. The van der Waals surface area contributed by atoms with Crippen LogP contribution >= 0.6 is 0 Å². The first-order valence-corrected chi connectivity index (χ1v) is 8.98. The number of hydrogen-bond donors (Lipinski definition) is 4. The van der Waals surface area contributed by atoms with E-state index >= 15 is 0 Å². The molecule has 0 unspecified atom stereocenters. The number of nitrogens with zero attached hydrogens (tertiary/aromatic N) is 4. The van der Waals surface area contributed by atoms with Crippen LogP contribution in [0.2, 0.25) is 0 Å². The van der Waals surface area contributed by atoms with Crippen LogP contribution in [0.4, 0.5) is 0 Å². The first kappa shape index (κ1) is 34.3. The van der Waals surface area contributed by atoms with E-state index in [4.69, 9.17) is 10.2 Å². The second-order valence-corrected chi connectivity index (χ2v) is 5.91. The quantitative estimate of drug-likeness (QED) is 0.140. The topological polar surface area (TPSA) is 304 Å². The second kappa shape index (κ2) is 16.7. The van der Waals surface area contributed by atoms with E-state index in [1.807, 2.05) is 24.3 Å². The van der Waals surface area contributed by atoms with Gasteiger partial charge in [-0.25, -0.2) is 19.6 Å². The van der Waals surface area contributed by atoms with Crippen molar-refractivity contribution >= 4 is 23.9 Å². The number of carboxylic acid groups (broad SMARTS) is 4. The minimum Gasteiger partial charge on any atom is -0.543 e. The number of rotatable bonds is 5. The molecule has 37 heavy (non-hydrogen) atoms. The summed E-state index contributed by atoms with van der Waals surface area (Å²) in [4.78, 5) is 59.4. The molecule has 4 heterocycles. The second-order valence-electron chi connectivity index (χ2n) is 5.91. The average Bonchev–Trinajstić information content (AvgIpc) is 3.51. The van der Waals surface area contributed by atoms with E-state index in [0.29, 0.717) is 0 Å². The van der Waals surface area contributed by atoms with Crippen LogP contribution in [-0.2, 0) is 30.4 Å². The van der Waals surface area contributed by atoms with Crippen molar-refractivity contribution in [2.45, 2.75) is 0 Å². The number of imidazole rings is 2. The van der Waals surface area contributed by atoms with Gasteiger partial charge in [0.15, 0.2) is 11.4 Å². The minimum absolute atomic E-state index is 0. The van der Waals surface area contributed by atoms with Crippen molar-refractivity contribution < 1.29 is 70.0 Å². The van der Waals surface area contributed by atoms with E-state index in [1.165, 1.54) is 11.1 Å². The summed E-state index contributed by atoms with van der Waals surface area (Å²) in [6.45, 7) is 0. The van der Waals surface area contributed by atoms with Crippen molar-refractivity contribution in [3.63, 3.8) is 0 Å². The Labute approximate surface area is 219 Å². The number of aromatic nitrogens is 6. The fraction of sp³-hybridized carbons (Fsp3) is 0. The molecule has 0 bridgehead atoms. The molecule has 17 heteroatoms. The van der Waals surface area contributed by atoms with Gasteiger partial charge in [-0.3, -0.25) is 9.97 Å². The Morgan fingerprint density at radius 2 is 0.946 bits per heavy atom. The summed E-state index contributed by atoms with van der Waals surface area (Å²) in [7, 11) is 0. The number of carbonyl (C=O) groups excluding carboxylic acids is 2. The molecule has 0 saturated heterocycles. The number of nitrogens with one attached hydrogen (secondary N) is 2. The Balaban J connectivity index is 0. The third-order valence-electron chi connectivity index (χ3n) is 3.79. The molecular formula is C20H20N6O10Zn+2. The van der Waals surface area contributed by atoms with E-state index in [9.17, 15) is 29.4 Å². The number of H-pyrrole nitrogens is 2. The number of aromatic carboxylic acids is 4. The number of hydrogen-bond acceptors (Lipinski definition) is 10. The molecule has 0 amide bonds. The fourth-order valence-electron chi connectivity index (χ4n) is 2.31. The first-order chi connectivity index (χ1) is 16.2. The molecule has 0 aliphatic heterocycles. The summed E-state index contributed by atoms with van der Waals surface area (Å²) >= 11 is 0. The van der Waals surface area contributed by atoms with Crippen molar-refractivity contribution in [3.05, 3.63) is 84.5 Å². The minimum atomic E-state index is -1.61. The van der Waals surface area contributed by atoms with Crippen LogP contribution in [0.15, 0.2) is 61.7 Å². The molecule has 0 fully saturated rings. The summed E-state index contributed by atoms with van der Waals surface area (Å²) in [5.41, 5.74) is 0.241. The van der Waals surface area contributed by atoms with Crippen LogP contribution in [0.1, 0.15) is 42.0 Å². The summed E-state index contributed by atoms with van der Waals surface area (Å²) in [5, 5.41) is 36.9. The van der Waals surface area contributed by atoms with Gasteiger partial charge in [-0.15, -0.1) is 0 Å². The standard InChI is InChI=1S/C10H8N2.2C5H4N2O4.2H2O.Zn/c1-5-11-6-2-9(1)10-3-7-12-8-4-10;2*8-4(9)2-3(5(10)11)7-1-6-2;;;/h1-8H;2*1H,(H,6,7)(H,8,9)(H,10,11);2*1H2;/q;;;;;+2. The van der Waals surface area contributed by atoms with Crippen LogP contribution in [0.3, 0.4) is 0 Å². The zero-order valence-electron chi connectivity index (χ0n) is 18.8. The van der Waals surface area contributed by atoms with E-state index < -0.39 is 46.7 Å². The third-order valence-corrected chi connectivity index (χ3v) is 3.79. The van der Waals surface area contributed by atoms with Crippen molar-refractivity contribution in [1.82, 2.24) is 29.9 Å². The van der Waals surface area contributed by atoms with Crippen molar-refractivity contribution in [2.24, 2.45) is 0 Å². The molecular weight excluding hydrogens is 550 g/mol. The summed E-state index contributed by atoms with van der Waals surface area (Å²) in [5.74, 6) is -5.96. The molecule has 0 spiro atoms. The number of carbonyl (C=O) groups is 4. The largest absolute Gasteiger partial charge is 2.00 e. The monoisotopic (exact) mass is 568 g/mol. The average molecular weight is 570 g/mol. The van der Waals surface area contributed by atoms with Gasteiger partial charge in [0.2, 0.25) is 0 Å². The van der Waals surface area contributed by atoms with Gasteiger partial charge in [-0.2, -0.15) is 0 Å². The normalized spacial score (nSPS) is 8.76. The smallest absolute Gasteiger partial charge is 0.543 e. The Morgan fingerprint density at radius 3 is 1.16 bits per heavy atom. The van der Waals surface area contributed by atoms with Crippen LogP contribution in [0.25, 0.3) is 11.1 Å². The molecule has 16 nitrogen and oxygen atoms in total. The van der Waals surface area contributed by atoms with Gasteiger partial charge in [0.1, 0.15) is 11.4 Å². The fourth-order valence-corrected chi connectivity index (χ4v) is 2.31. The van der Waals surface area contributed by atoms with Gasteiger partial charge in [-0.05, 0) is 35.4 Å². The maximum Gasteiger partial charge on any atom is 2.00 e. The summed E-state index contributed by atoms with van der Waals surface area (Å²) in [6.07, 6.45) is 9.11. The Morgan fingerprint density at radius 1 is 0.649 bits per heavy atom. The van der Waals surface area contributed by atoms with Crippen LogP contribution in [-0.4, -0.2) is 64.0 Å². The van der Waals surface area contributed by atoms with E-state index in [2.05, 4.69) is 29.9 Å². The van der Waals surface area contributed by atoms with Crippen molar-refractivity contribution in [3.8, 4) is 11.1 Å². The molecule has 0 atom stereocenters.